The van der Waals surface area contributed by atoms with Crippen molar-refractivity contribution in [2.75, 3.05) is 6.54 Å². The number of thiophene rings is 1. The smallest absolute Gasteiger partial charge is 0.240 e. The Labute approximate surface area is 120 Å². The molecule has 0 radical (unpaired) electrons. The van der Waals surface area contributed by atoms with E-state index < -0.39 is 21.9 Å². The van der Waals surface area contributed by atoms with E-state index in [4.69, 9.17) is 0 Å². The minimum Gasteiger partial charge on any atom is -0.388 e. The standard InChI is InChI=1S/C13H14FNO3S2/c14-10-3-1-4-11(9-10)20(17,18)15-7-6-12(16)13-5-2-8-19-13/h1-5,8-9,12,15-16H,6-7H2. The highest BCUT2D eigenvalue weighted by atomic mass is 32.2. The van der Waals surface area contributed by atoms with E-state index in [0.717, 1.165) is 10.9 Å². The molecule has 20 heavy (non-hydrogen) atoms. The largest absolute Gasteiger partial charge is 0.388 e. The number of aliphatic hydroxyl groups is 1. The Morgan fingerprint density at radius 1 is 1.30 bits per heavy atom. The molecular formula is C13H14FNO3S2. The number of halogens is 1. The van der Waals surface area contributed by atoms with Gasteiger partial charge in [0.05, 0.1) is 11.0 Å². The van der Waals surface area contributed by atoms with Gasteiger partial charge in [-0.15, -0.1) is 11.3 Å². The van der Waals surface area contributed by atoms with E-state index in [2.05, 4.69) is 4.72 Å². The molecule has 1 atom stereocenters. The summed E-state index contributed by atoms with van der Waals surface area (Å²) in [7, 11) is -3.74. The van der Waals surface area contributed by atoms with Gasteiger partial charge in [-0.25, -0.2) is 17.5 Å². The van der Waals surface area contributed by atoms with E-state index in [1.54, 1.807) is 6.07 Å². The van der Waals surface area contributed by atoms with E-state index in [0.29, 0.717) is 0 Å². The van der Waals surface area contributed by atoms with Crippen molar-refractivity contribution in [1.82, 2.24) is 4.72 Å². The van der Waals surface area contributed by atoms with E-state index in [9.17, 15) is 17.9 Å². The summed E-state index contributed by atoms with van der Waals surface area (Å²) >= 11 is 1.41. The lowest BCUT2D eigenvalue weighted by molar-refractivity contribution is 0.173. The Kier molecular flexibility index (Phi) is 4.87. The fourth-order valence-electron chi connectivity index (χ4n) is 1.67. The van der Waals surface area contributed by atoms with Crippen LogP contribution in [0.1, 0.15) is 17.4 Å². The Morgan fingerprint density at radius 2 is 2.10 bits per heavy atom. The maximum absolute atomic E-state index is 13.0. The molecule has 1 aromatic heterocycles. The second kappa shape index (κ2) is 6.45. The zero-order chi connectivity index (χ0) is 14.6. The van der Waals surface area contributed by atoms with Crippen molar-refractivity contribution in [2.45, 2.75) is 17.4 Å². The summed E-state index contributed by atoms with van der Waals surface area (Å²) in [4.78, 5) is 0.665. The van der Waals surface area contributed by atoms with Gasteiger partial charge in [0.2, 0.25) is 10.0 Å². The average molecular weight is 315 g/mol. The van der Waals surface area contributed by atoms with Gasteiger partial charge in [-0.05, 0) is 36.1 Å². The molecule has 1 heterocycles. The van der Waals surface area contributed by atoms with Crippen LogP contribution < -0.4 is 4.72 Å². The second-order valence-electron chi connectivity index (χ2n) is 4.18. The Bertz CT molecular complexity index is 656. The first-order chi connectivity index (χ1) is 9.49. The molecule has 2 rings (SSSR count). The van der Waals surface area contributed by atoms with Crippen LogP contribution >= 0.6 is 11.3 Å². The summed E-state index contributed by atoms with van der Waals surface area (Å²) in [5.41, 5.74) is 0. The predicted molar refractivity (Wildman–Crippen MR) is 75.5 cm³/mol. The fraction of sp³-hybridized carbons (Fsp3) is 0.231. The van der Waals surface area contributed by atoms with Gasteiger partial charge in [0.1, 0.15) is 5.82 Å². The van der Waals surface area contributed by atoms with Crippen molar-refractivity contribution >= 4 is 21.4 Å². The molecule has 7 heteroatoms. The van der Waals surface area contributed by atoms with Crippen molar-refractivity contribution in [3.63, 3.8) is 0 Å². The maximum Gasteiger partial charge on any atom is 0.240 e. The molecule has 0 aliphatic heterocycles. The number of benzene rings is 1. The summed E-state index contributed by atoms with van der Waals surface area (Å²) in [6.45, 7) is 0.0813. The molecular weight excluding hydrogens is 301 g/mol. The van der Waals surface area contributed by atoms with Gasteiger partial charge < -0.3 is 5.11 Å². The molecule has 2 N–H and O–H groups in total. The zero-order valence-electron chi connectivity index (χ0n) is 10.5. The van der Waals surface area contributed by atoms with E-state index in [-0.39, 0.29) is 17.9 Å². The summed E-state index contributed by atoms with van der Waals surface area (Å²) in [6, 6.07) is 8.40. The third kappa shape index (κ3) is 3.86. The van der Waals surface area contributed by atoms with Crippen molar-refractivity contribution in [1.29, 1.82) is 0 Å². The van der Waals surface area contributed by atoms with Gasteiger partial charge in [0, 0.05) is 11.4 Å². The molecule has 0 bridgehead atoms. The molecule has 1 unspecified atom stereocenters. The van der Waals surface area contributed by atoms with Crippen LogP contribution in [0.3, 0.4) is 0 Å². The number of hydrogen-bond donors (Lipinski definition) is 2. The highest BCUT2D eigenvalue weighted by Gasteiger charge is 2.15. The Balaban J connectivity index is 1.93. The van der Waals surface area contributed by atoms with Gasteiger partial charge >= 0.3 is 0 Å². The van der Waals surface area contributed by atoms with Crippen LogP contribution in [0, 0.1) is 5.82 Å². The molecule has 0 spiro atoms. The van der Waals surface area contributed by atoms with Gasteiger partial charge in [-0.3, -0.25) is 0 Å². The number of hydrogen-bond acceptors (Lipinski definition) is 4. The monoisotopic (exact) mass is 315 g/mol. The van der Waals surface area contributed by atoms with Crippen LogP contribution in [0.2, 0.25) is 0 Å². The fourth-order valence-corrected chi connectivity index (χ4v) is 3.50. The molecule has 0 aliphatic carbocycles. The minimum absolute atomic E-state index is 0.0813. The maximum atomic E-state index is 13.0. The van der Waals surface area contributed by atoms with Crippen LogP contribution in [0.4, 0.5) is 4.39 Å². The minimum atomic E-state index is -3.74. The lowest BCUT2D eigenvalue weighted by Crippen LogP contribution is -2.26. The SMILES string of the molecule is O=S(=O)(NCCC(O)c1cccs1)c1cccc(F)c1. The Morgan fingerprint density at radius 3 is 2.75 bits per heavy atom. The first-order valence-corrected chi connectivity index (χ1v) is 8.32. The molecule has 4 nitrogen and oxygen atoms in total. The summed E-state index contributed by atoms with van der Waals surface area (Å²) < 4.78 is 39.1. The highest BCUT2D eigenvalue weighted by molar-refractivity contribution is 7.89. The molecule has 0 saturated carbocycles. The topological polar surface area (TPSA) is 66.4 Å². The van der Waals surface area contributed by atoms with Crippen molar-refractivity contribution in [2.24, 2.45) is 0 Å². The molecule has 1 aromatic carbocycles. The van der Waals surface area contributed by atoms with Crippen LogP contribution in [-0.4, -0.2) is 20.1 Å². The number of aliphatic hydroxyl groups excluding tert-OH is 1. The van der Waals surface area contributed by atoms with E-state index in [1.807, 2.05) is 11.4 Å². The molecule has 2 aromatic rings. The summed E-state index contributed by atoms with van der Waals surface area (Å²) in [5, 5.41) is 11.7. The van der Waals surface area contributed by atoms with Crippen LogP contribution in [0.25, 0.3) is 0 Å². The lowest BCUT2D eigenvalue weighted by atomic mass is 10.2. The van der Waals surface area contributed by atoms with Gasteiger partial charge in [-0.2, -0.15) is 0 Å². The predicted octanol–water partition coefficient (Wildman–Crippen LogP) is 2.29. The van der Waals surface area contributed by atoms with Crippen LogP contribution in [0.15, 0.2) is 46.7 Å². The van der Waals surface area contributed by atoms with Crippen molar-refractivity contribution < 1.29 is 17.9 Å². The molecule has 0 fully saturated rings. The number of sulfonamides is 1. The summed E-state index contributed by atoms with van der Waals surface area (Å²) in [5.74, 6) is -0.605. The number of rotatable bonds is 6. The second-order valence-corrected chi connectivity index (χ2v) is 6.92. The van der Waals surface area contributed by atoms with Crippen LogP contribution in [-0.2, 0) is 10.0 Å². The number of nitrogens with one attached hydrogen (secondary N) is 1. The zero-order valence-corrected chi connectivity index (χ0v) is 12.1. The van der Waals surface area contributed by atoms with Gasteiger partial charge in [0.25, 0.3) is 0 Å². The third-order valence-electron chi connectivity index (χ3n) is 2.69. The average Bonchev–Trinajstić information content (AvgIpc) is 2.92. The first kappa shape index (κ1) is 15.1. The normalized spacial score (nSPS) is 13.3. The van der Waals surface area contributed by atoms with Crippen molar-refractivity contribution in [3.8, 4) is 0 Å². The Hall–Kier alpha value is -1.28. The van der Waals surface area contributed by atoms with Crippen LogP contribution in [0.5, 0.6) is 0 Å². The first-order valence-electron chi connectivity index (χ1n) is 5.96. The van der Waals surface area contributed by atoms with Gasteiger partial charge in [-0.1, -0.05) is 12.1 Å². The molecule has 0 aliphatic rings. The van der Waals surface area contributed by atoms with E-state index in [1.165, 1.54) is 29.5 Å². The van der Waals surface area contributed by atoms with Gasteiger partial charge in [0.15, 0.2) is 0 Å². The third-order valence-corrected chi connectivity index (χ3v) is 5.12. The highest BCUT2D eigenvalue weighted by Crippen LogP contribution is 2.21. The quantitative estimate of drug-likeness (QED) is 0.859. The van der Waals surface area contributed by atoms with Crippen molar-refractivity contribution in [3.05, 3.63) is 52.5 Å². The lowest BCUT2D eigenvalue weighted by Gasteiger charge is -2.10. The molecule has 0 amide bonds. The molecule has 108 valence electrons. The van der Waals surface area contributed by atoms with E-state index >= 15 is 0 Å². The summed E-state index contributed by atoms with van der Waals surface area (Å²) in [6.07, 6.45) is -0.445. The molecule has 0 saturated heterocycles.